The van der Waals surface area contributed by atoms with Crippen LogP contribution < -0.4 is 9.64 Å². The molecule has 2 aromatic rings. The summed E-state index contributed by atoms with van der Waals surface area (Å²) in [6.45, 7) is 5.99. The first-order valence-electron chi connectivity index (χ1n) is 10.9. The van der Waals surface area contributed by atoms with Gasteiger partial charge in [0, 0.05) is 13.2 Å². The Hall–Kier alpha value is -2.59. The fourth-order valence-electron chi connectivity index (χ4n) is 4.43. The first-order valence-corrected chi connectivity index (χ1v) is 12.4. The molecular weight excluding hydrogens is 471 g/mol. The fraction of sp³-hybridized carbons (Fsp3) is 0.458. The summed E-state index contributed by atoms with van der Waals surface area (Å²) in [5.41, 5.74) is -0.737. The number of hydrogen-bond acceptors (Lipinski definition) is 5. The SMILES string of the molecule is CCN1C(=O)C(C)(C)COc2cc(C3(S(=O)(=O)c4ccc(C(F)(F)F)cc4)CCOC3)ccc21. The van der Waals surface area contributed by atoms with Gasteiger partial charge in [0.2, 0.25) is 5.91 Å². The number of hydrogen-bond donors (Lipinski definition) is 0. The lowest BCUT2D eigenvalue weighted by atomic mass is 9.93. The number of rotatable bonds is 4. The Morgan fingerprint density at radius 1 is 1.06 bits per heavy atom. The third-order valence-electron chi connectivity index (χ3n) is 6.50. The molecule has 2 aliphatic rings. The zero-order chi connectivity index (χ0) is 24.9. The van der Waals surface area contributed by atoms with Crippen molar-refractivity contribution in [2.24, 2.45) is 5.41 Å². The lowest BCUT2D eigenvalue weighted by Gasteiger charge is -2.30. The third-order valence-corrected chi connectivity index (χ3v) is 8.98. The highest BCUT2D eigenvalue weighted by Gasteiger charge is 2.50. The summed E-state index contributed by atoms with van der Waals surface area (Å²) < 4.78 is 76.4. The van der Waals surface area contributed by atoms with Crippen LogP contribution in [-0.4, -0.2) is 40.7 Å². The number of sulfone groups is 1. The molecule has 2 aromatic carbocycles. The van der Waals surface area contributed by atoms with E-state index in [0.717, 1.165) is 24.3 Å². The van der Waals surface area contributed by atoms with Crippen LogP contribution >= 0.6 is 0 Å². The van der Waals surface area contributed by atoms with E-state index in [1.165, 1.54) is 0 Å². The van der Waals surface area contributed by atoms with Crippen molar-refractivity contribution in [1.29, 1.82) is 0 Å². The number of amides is 1. The van der Waals surface area contributed by atoms with Gasteiger partial charge in [-0.15, -0.1) is 0 Å². The summed E-state index contributed by atoms with van der Waals surface area (Å²) in [6, 6.07) is 8.41. The Balaban J connectivity index is 1.80. The summed E-state index contributed by atoms with van der Waals surface area (Å²) >= 11 is 0. The van der Waals surface area contributed by atoms with Crippen molar-refractivity contribution in [3.8, 4) is 5.75 Å². The number of alkyl halides is 3. The van der Waals surface area contributed by atoms with Gasteiger partial charge in [-0.2, -0.15) is 13.2 Å². The summed E-state index contributed by atoms with van der Waals surface area (Å²) in [5, 5.41) is 0. The number of benzene rings is 2. The van der Waals surface area contributed by atoms with E-state index >= 15 is 0 Å². The number of carbonyl (C=O) groups excluding carboxylic acids is 1. The number of ether oxygens (including phenoxy) is 2. The fourth-order valence-corrected chi connectivity index (χ4v) is 6.41. The first-order chi connectivity index (χ1) is 15.8. The van der Waals surface area contributed by atoms with Crippen molar-refractivity contribution in [3.05, 3.63) is 53.6 Å². The molecule has 34 heavy (non-hydrogen) atoms. The molecule has 6 nitrogen and oxygen atoms in total. The van der Waals surface area contributed by atoms with Gasteiger partial charge in [-0.3, -0.25) is 4.79 Å². The van der Waals surface area contributed by atoms with Crippen LogP contribution in [0.4, 0.5) is 18.9 Å². The second-order valence-corrected chi connectivity index (χ2v) is 11.5. The number of halogens is 3. The molecule has 2 aliphatic heterocycles. The predicted octanol–water partition coefficient (Wildman–Crippen LogP) is 4.57. The molecule has 1 unspecified atom stereocenters. The molecule has 2 heterocycles. The van der Waals surface area contributed by atoms with E-state index in [1.54, 1.807) is 36.9 Å². The van der Waals surface area contributed by atoms with Gasteiger partial charge in [-0.1, -0.05) is 6.07 Å². The van der Waals surface area contributed by atoms with Crippen LogP contribution in [0.3, 0.4) is 0 Å². The quantitative estimate of drug-likeness (QED) is 0.619. The van der Waals surface area contributed by atoms with Crippen LogP contribution in [0.2, 0.25) is 0 Å². The average Bonchev–Trinajstić information content (AvgIpc) is 3.27. The summed E-state index contributed by atoms with van der Waals surface area (Å²) in [7, 11) is -4.13. The Kier molecular flexibility index (Phi) is 5.96. The highest BCUT2D eigenvalue weighted by Crippen LogP contribution is 2.46. The highest BCUT2D eigenvalue weighted by molar-refractivity contribution is 7.92. The number of anilines is 1. The van der Waals surface area contributed by atoms with Crippen LogP contribution in [0.1, 0.15) is 38.3 Å². The van der Waals surface area contributed by atoms with Crippen LogP contribution in [0.25, 0.3) is 0 Å². The van der Waals surface area contributed by atoms with Crippen molar-refractivity contribution in [2.75, 3.05) is 31.3 Å². The van der Waals surface area contributed by atoms with Crippen molar-refractivity contribution in [3.63, 3.8) is 0 Å². The number of fused-ring (bicyclic) bond motifs is 1. The van der Waals surface area contributed by atoms with Crippen LogP contribution in [0, 0.1) is 5.41 Å². The summed E-state index contributed by atoms with van der Waals surface area (Å²) in [5.74, 6) is 0.282. The maximum absolute atomic E-state index is 13.8. The average molecular weight is 498 g/mol. The maximum atomic E-state index is 13.8. The monoisotopic (exact) mass is 497 g/mol. The van der Waals surface area contributed by atoms with Crippen LogP contribution in [0.5, 0.6) is 5.75 Å². The number of carbonyl (C=O) groups is 1. The van der Waals surface area contributed by atoms with Gasteiger partial charge >= 0.3 is 6.18 Å². The van der Waals surface area contributed by atoms with Gasteiger partial charge in [0.25, 0.3) is 0 Å². The Labute approximate surface area is 196 Å². The van der Waals surface area contributed by atoms with Crippen molar-refractivity contribution < 1.29 is 35.9 Å². The minimum absolute atomic E-state index is 0.0993. The molecule has 0 saturated carbocycles. The van der Waals surface area contributed by atoms with E-state index in [1.807, 2.05) is 6.92 Å². The Bertz CT molecular complexity index is 1200. The molecule has 1 fully saturated rings. The molecule has 184 valence electrons. The Morgan fingerprint density at radius 3 is 2.29 bits per heavy atom. The third kappa shape index (κ3) is 3.86. The lowest BCUT2D eigenvalue weighted by molar-refractivity contribution is -0.137. The minimum atomic E-state index is -4.57. The van der Waals surface area contributed by atoms with E-state index in [-0.39, 0.29) is 37.0 Å². The maximum Gasteiger partial charge on any atom is 0.416 e. The molecule has 4 rings (SSSR count). The van der Waals surface area contributed by atoms with Crippen molar-refractivity contribution >= 4 is 21.4 Å². The van der Waals surface area contributed by atoms with E-state index in [4.69, 9.17) is 9.47 Å². The van der Waals surface area contributed by atoms with Crippen molar-refractivity contribution in [1.82, 2.24) is 0 Å². The predicted molar refractivity (Wildman–Crippen MR) is 119 cm³/mol. The second kappa shape index (κ2) is 8.27. The number of nitrogens with zero attached hydrogens (tertiary/aromatic N) is 1. The largest absolute Gasteiger partial charge is 0.490 e. The first kappa shape index (κ1) is 24.5. The highest BCUT2D eigenvalue weighted by atomic mass is 32.2. The molecule has 0 spiro atoms. The van der Waals surface area contributed by atoms with Gasteiger partial charge in [0.15, 0.2) is 9.84 Å². The van der Waals surface area contributed by atoms with Crippen molar-refractivity contribution in [2.45, 2.75) is 43.0 Å². The van der Waals surface area contributed by atoms with E-state index in [0.29, 0.717) is 23.5 Å². The standard InChI is InChI=1S/C24H26F3NO5S/c1-4-28-19-10-7-17(13-20(19)33-14-22(2,3)21(28)29)23(11-12-32-15-23)34(30,31)18-8-5-16(6-9-18)24(25,26)27/h5-10,13H,4,11-12,14-15H2,1-3H3. The normalized spacial score (nSPS) is 22.8. The second-order valence-electron chi connectivity index (χ2n) is 9.23. The molecule has 0 aromatic heterocycles. The lowest BCUT2D eigenvalue weighted by Crippen LogP contribution is -2.42. The van der Waals surface area contributed by atoms with E-state index < -0.39 is 31.7 Å². The topological polar surface area (TPSA) is 72.9 Å². The zero-order valence-electron chi connectivity index (χ0n) is 19.1. The summed E-state index contributed by atoms with van der Waals surface area (Å²) in [6.07, 6.45) is -4.43. The van der Waals surface area contributed by atoms with Gasteiger partial charge in [0.05, 0.1) is 28.2 Å². The molecule has 0 bridgehead atoms. The molecule has 0 aliphatic carbocycles. The van der Waals surface area contributed by atoms with E-state index in [9.17, 15) is 26.4 Å². The molecule has 0 N–H and O–H groups in total. The smallest absolute Gasteiger partial charge is 0.416 e. The minimum Gasteiger partial charge on any atom is -0.490 e. The van der Waals surface area contributed by atoms with Crippen LogP contribution in [-0.2, 0) is 30.3 Å². The molecule has 1 amide bonds. The molecule has 10 heteroatoms. The van der Waals surface area contributed by atoms with Gasteiger partial charge in [-0.25, -0.2) is 8.42 Å². The molecule has 0 radical (unpaired) electrons. The Morgan fingerprint density at radius 2 is 1.74 bits per heavy atom. The molecular formula is C24H26F3NO5S. The van der Waals surface area contributed by atoms with Gasteiger partial charge in [-0.05, 0) is 69.2 Å². The molecule has 1 saturated heterocycles. The zero-order valence-corrected chi connectivity index (χ0v) is 19.9. The van der Waals surface area contributed by atoms with Gasteiger partial charge in [0.1, 0.15) is 17.1 Å². The van der Waals surface area contributed by atoms with E-state index in [2.05, 4.69) is 0 Å². The van der Waals surface area contributed by atoms with Crippen LogP contribution in [0.15, 0.2) is 47.4 Å². The molecule has 1 atom stereocenters. The summed E-state index contributed by atoms with van der Waals surface area (Å²) in [4.78, 5) is 14.3. The van der Waals surface area contributed by atoms with Gasteiger partial charge < -0.3 is 14.4 Å².